The Morgan fingerprint density at radius 2 is 2.00 bits per heavy atom. The maximum Gasteiger partial charge on any atom is 0.310 e. The largest absolute Gasteiger partial charge is 1.00 e. The van der Waals surface area contributed by atoms with Crippen LogP contribution in [0.4, 0.5) is 0 Å². The molecule has 1 aliphatic heterocycles. The highest BCUT2D eigenvalue weighted by Gasteiger charge is 2.21. The molecular formula is C13H23ClN2O2. The smallest absolute Gasteiger partial charge is 0.310 e. The van der Waals surface area contributed by atoms with Crippen molar-refractivity contribution >= 4 is 12.3 Å². The second-order valence-electron chi connectivity index (χ2n) is 4.72. The van der Waals surface area contributed by atoms with Crippen molar-refractivity contribution in [1.29, 1.82) is 0 Å². The lowest BCUT2D eigenvalue weighted by molar-refractivity contribution is -0.778. The van der Waals surface area contributed by atoms with Gasteiger partial charge in [0.2, 0.25) is 6.73 Å². The van der Waals surface area contributed by atoms with Gasteiger partial charge in [0.1, 0.15) is 6.20 Å². The van der Waals surface area contributed by atoms with E-state index >= 15 is 0 Å². The third-order valence-corrected chi connectivity index (χ3v) is 2.81. The van der Waals surface area contributed by atoms with Gasteiger partial charge >= 0.3 is 5.97 Å². The van der Waals surface area contributed by atoms with Gasteiger partial charge < -0.3 is 17.1 Å². The predicted octanol–water partition coefficient (Wildman–Crippen LogP) is -0.189. The van der Waals surface area contributed by atoms with Crippen molar-refractivity contribution < 1.29 is 26.4 Å². The molecule has 0 aliphatic carbocycles. The minimum Gasteiger partial charge on any atom is -1.00 e. The molecule has 0 aromatic rings. The second-order valence-corrected chi connectivity index (χ2v) is 4.72. The van der Waals surface area contributed by atoms with Crippen molar-refractivity contribution in [3.8, 4) is 0 Å². The van der Waals surface area contributed by atoms with Crippen molar-refractivity contribution in [1.82, 2.24) is 0 Å². The molecule has 5 heteroatoms. The average molecular weight is 275 g/mol. The molecule has 1 aliphatic rings. The van der Waals surface area contributed by atoms with Crippen LogP contribution in [0.25, 0.3) is 0 Å². The van der Waals surface area contributed by atoms with Crippen LogP contribution in [-0.4, -0.2) is 30.6 Å². The zero-order chi connectivity index (χ0) is 12.6. The number of hydrogen-bond acceptors (Lipinski definition) is 3. The fourth-order valence-electron chi connectivity index (χ4n) is 1.65. The maximum atomic E-state index is 11.5. The van der Waals surface area contributed by atoms with Gasteiger partial charge in [-0.3, -0.25) is 4.79 Å². The lowest BCUT2D eigenvalue weighted by Gasteiger charge is -2.20. The highest BCUT2D eigenvalue weighted by molar-refractivity contribution is 5.69. The van der Waals surface area contributed by atoms with E-state index in [0.717, 1.165) is 12.8 Å². The molecule has 0 saturated heterocycles. The number of hydrogen-bond donors (Lipinski definition) is 0. The number of carbonyl (C=O) groups excluding carboxylic acids is 1. The van der Waals surface area contributed by atoms with E-state index in [-0.39, 0.29) is 18.4 Å². The Morgan fingerprint density at radius 3 is 2.61 bits per heavy atom. The first kappa shape index (κ1) is 17.1. The van der Waals surface area contributed by atoms with Gasteiger partial charge in [-0.1, -0.05) is 32.6 Å². The Labute approximate surface area is 116 Å². The fourth-order valence-corrected chi connectivity index (χ4v) is 1.65. The van der Waals surface area contributed by atoms with Gasteiger partial charge in [0, 0.05) is 6.42 Å². The lowest BCUT2D eigenvalue weighted by Crippen LogP contribution is -3.00. The Balaban J connectivity index is 0.00000289. The number of halogens is 1. The van der Waals surface area contributed by atoms with Gasteiger partial charge in [-0.2, -0.15) is 0 Å². The molecule has 104 valence electrons. The molecule has 0 spiro atoms. The first-order valence-electron chi connectivity index (χ1n) is 6.39. The number of carbonyl (C=O) groups is 1. The third kappa shape index (κ3) is 6.77. The summed E-state index contributed by atoms with van der Waals surface area (Å²) in [4.78, 5) is 15.5. The molecule has 18 heavy (non-hydrogen) atoms. The summed E-state index contributed by atoms with van der Waals surface area (Å²) in [5, 5.41) is 0. The average Bonchev–Trinajstić information content (AvgIpc) is 2.74. The Kier molecular flexibility index (Phi) is 8.67. The van der Waals surface area contributed by atoms with Crippen LogP contribution in [0.1, 0.15) is 45.4 Å². The molecular weight excluding hydrogens is 252 g/mol. The molecule has 0 aromatic carbocycles. The molecule has 1 atom stereocenters. The zero-order valence-corrected chi connectivity index (χ0v) is 12.0. The van der Waals surface area contributed by atoms with Crippen molar-refractivity contribution in [2.45, 2.75) is 45.4 Å². The maximum absolute atomic E-state index is 11.5. The molecule has 1 heterocycles. The van der Waals surface area contributed by atoms with Crippen molar-refractivity contribution in [3.63, 3.8) is 0 Å². The molecule has 0 N–H and O–H groups in total. The Bertz CT molecular complexity index is 291. The number of esters is 1. The quantitative estimate of drug-likeness (QED) is 0.350. The zero-order valence-electron chi connectivity index (χ0n) is 11.3. The van der Waals surface area contributed by atoms with E-state index in [1.165, 1.54) is 19.3 Å². The monoisotopic (exact) mass is 274 g/mol. The van der Waals surface area contributed by atoms with Crippen LogP contribution in [-0.2, 0) is 9.53 Å². The molecule has 4 nitrogen and oxygen atoms in total. The summed E-state index contributed by atoms with van der Waals surface area (Å²) in [5.74, 6) is -0.102. The van der Waals surface area contributed by atoms with E-state index in [9.17, 15) is 4.79 Å². The minimum atomic E-state index is -0.102. The normalized spacial score (nSPS) is 20.8. The van der Waals surface area contributed by atoms with E-state index < -0.39 is 0 Å². The van der Waals surface area contributed by atoms with Crippen LogP contribution >= 0.6 is 0 Å². The molecule has 0 radical (unpaired) electrons. The molecule has 0 aromatic heterocycles. The highest BCUT2D eigenvalue weighted by atomic mass is 35.5. The molecule has 0 amide bonds. The van der Waals surface area contributed by atoms with Gasteiger partial charge in [0.15, 0.2) is 6.34 Å². The van der Waals surface area contributed by atoms with E-state index in [0.29, 0.717) is 17.6 Å². The van der Waals surface area contributed by atoms with Crippen LogP contribution in [0, 0.1) is 0 Å². The fraction of sp³-hybridized carbons (Fsp3) is 0.692. The summed E-state index contributed by atoms with van der Waals surface area (Å²) in [6.45, 7) is 2.53. The summed E-state index contributed by atoms with van der Waals surface area (Å²) >= 11 is 0. The standard InChI is InChI=1S/C13H23N2O2.ClH/c1-3-4-5-6-7-8-13(16)17-12-15(2)10-9-14-11-15;/h9-11H,3-8,12H2,1-2H3;1H/q+1;/p-1. The van der Waals surface area contributed by atoms with Crippen LogP contribution in [0.5, 0.6) is 0 Å². The van der Waals surface area contributed by atoms with Crippen LogP contribution in [0.15, 0.2) is 17.4 Å². The molecule has 0 bridgehead atoms. The van der Waals surface area contributed by atoms with E-state index in [4.69, 9.17) is 4.74 Å². The molecule has 0 saturated carbocycles. The minimum absolute atomic E-state index is 0. The van der Waals surface area contributed by atoms with Crippen molar-refractivity contribution in [2.75, 3.05) is 13.8 Å². The number of ether oxygens (including phenoxy) is 1. The summed E-state index contributed by atoms with van der Waals surface area (Å²) in [7, 11) is 1.95. The number of quaternary nitrogens is 1. The van der Waals surface area contributed by atoms with Crippen LogP contribution in [0.3, 0.4) is 0 Å². The summed E-state index contributed by atoms with van der Waals surface area (Å²) < 4.78 is 5.67. The highest BCUT2D eigenvalue weighted by Crippen LogP contribution is 2.09. The van der Waals surface area contributed by atoms with E-state index in [1.54, 1.807) is 12.5 Å². The summed E-state index contributed by atoms with van der Waals surface area (Å²) in [5.41, 5.74) is 0. The first-order valence-corrected chi connectivity index (χ1v) is 6.39. The van der Waals surface area contributed by atoms with Gasteiger partial charge in [-0.15, -0.1) is 0 Å². The number of aliphatic imine (C=N–C) groups is 1. The lowest BCUT2D eigenvalue weighted by atomic mass is 10.1. The van der Waals surface area contributed by atoms with E-state index in [1.807, 2.05) is 13.2 Å². The Morgan fingerprint density at radius 1 is 1.28 bits per heavy atom. The SMILES string of the molecule is CCCCCCCC(=O)OC[N+]1(C)C=CN=C1.[Cl-]. The number of unbranched alkanes of at least 4 members (excludes halogenated alkanes) is 4. The molecule has 1 rings (SSSR count). The topological polar surface area (TPSA) is 38.7 Å². The predicted molar refractivity (Wildman–Crippen MR) is 68.2 cm³/mol. The molecule has 0 fully saturated rings. The first-order chi connectivity index (χ1) is 8.16. The number of rotatable bonds is 8. The van der Waals surface area contributed by atoms with Gasteiger partial charge in [-0.05, 0) is 6.42 Å². The van der Waals surface area contributed by atoms with Crippen LogP contribution in [0.2, 0.25) is 0 Å². The Hall–Kier alpha value is -0.870. The molecule has 1 unspecified atom stereocenters. The number of nitrogens with zero attached hydrogens (tertiary/aromatic N) is 2. The van der Waals surface area contributed by atoms with E-state index in [2.05, 4.69) is 11.9 Å². The summed E-state index contributed by atoms with van der Waals surface area (Å²) in [6, 6.07) is 0. The van der Waals surface area contributed by atoms with Gasteiger partial charge in [0.05, 0.1) is 13.2 Å². The van der Waals surface area contributed by atoms with Crippen LogP contribution < -0.4 is 12.4 Å². The summed E-state index contributed by atoms with van der Waals surface area (Å²) in [6.07, 6.45) is 11.7. The van der Waals surface area contributed by atoms with Gasteiger partial charge in [0.25, 0.3) is 0 Å². The van der Waals surface area contributed by atoms with Gasteiger partial charge in [-0.25, -0.2) is 9.48 Å². The third-order valence-electron chi connectivity index (χ3n) is 2.81. The second kappa shape index (κ2) is 9.11. The van der Waals surface area contributed by atoms with Crippen molar-refractivity contribution in [3.05, 3.63) is 12.4 Å². The van der Waals surface area contributed by atoms with Crippen molar-refractivity contribution in [2.24, 2.45) is 4.99 Å².